The Morgan fingerprint density at radius 2 is 2.00 bits per heavy atom. The van der Waals surface area contributed by atoms with Crippen molar-refractivity contribution in [2.45, 2.75) is 0 Å². The van der Waals surface area contributed by atoms with Crippen molar-refractivity contribution in [3.05, 3.63) is 58.1 Å². The molecule has 20 heavy (non-hydrogen) atoms. The van der Waals surface area contributed by atoms with Crippen LogP contribution in [0.15, 0.2) is 42.5 Å². The van der Waals surface area contributed by atoms with E-state index in [9.17, 15) is 10.1 Å². The molecule has 0 aliphatic rings. The Bertz CT molecular complexity index is 692. The van der Waals surface area contributed by atoms with Gasteiger partial charge in [0.2, 0.25) is 0 Å². The minimum Gasteiger partial charge on any atom is -0.495 e. The number of non-ortho nitro benzene ring substituents is 1. The van der Waals surface area contributed by atoms with Crippen LogP contribution >= 0.6 is 0 Å². The predicted molar refractivity (Wildman–Crippen MR) is 74.1 cm³/mol. The zero-order valence-corrected chi connectivity index (χ0v) is 10.7. The molecule has 100 valence electrons. The van der Waals surface area contributed by atoms with Gasteiger partial charge in [0.1, 0.15) is 11.8 Å². The van der Waals surface area contributed by atoms with E-state index in [0.717, 1.165) is 0 Å². The van der Waals surface area contributed by atoms with Crippen LogP contribution in [0, 0.1) is 21.4 Å². The molecule has 0 radical (unpaired) electrons. The second kappa shape index (κ2) is 5.71. The molecule has 0 aromatic heterocycles. The fourth-order valence-electron chi connectivity index (χ4n) is 1.74. The standard InChI is InChI=1S/C14H11N3O3/c1-20-14-5-3-2-4-13(14)16-12-7-6-11(17(18)19)8-10(12)9-15/h2-8,16H,1H3. The fourth-order valence-corrected chi connectivity index (χ4v) is 1.74. The maximum atomic E-state index is 10.7. The third-order valence-electron chi connectivity index (χ3n) is 2.71. The van der Waals surface area contributed by atoms with Crippen LogP contribution in [-0.4, -0.2) is 12.0 Å². The third kappa shape index (κ3) is 2.67. The summed E-state index contributed by atoms with van der Waals surface area (Å²) in [6.45, 7) is 0. The highest BCUT2D eigenvalue weighted by Gasteiger charge is 2.11. The van der Waals surface area contributed by atoms with Crippen LogP contribution < -0.4 is 10.1 Å². The van der Waals surface area contributed by atoms with Gasteiger partial charge in [-0.1, -0.05) is 12.1 Å². The molecule has 6 nitrogen and oxygen atoms in total. The van der Waals surface area contributed by atoms with E-state index in [4.69, 9.17) is 10.00 Å². The van der Waals surface area contributed by atoms with E-state index < -0.39 is 4.92 Å². The highest BCUT2D eigenvalue weighted by atomic mass is 16.6. The number of nitro benzene ring substituents is 1. The first-order valence-electron chi connectivity index (χ1n) is 5.74. The molecule has 6 heteroatoms. The highest BCUT2D eigenvalue weighted by Crippen LogP contribution is 2.30. The summed E-state index contributed by atoms with van der Waals surface area (Å²) in [5, 5.41) is 22.8. The Kier molecular flexibility index (Phi) is 3.82. The lowest BCUT2D eigenvalue weighted by molar-refractivity contribution is -0.384. The lowest BCUT2D eigenvalue weighted by Gasteiger charge is -2.11. The van der Waals surface area contributed by atoms with E-state index in [1.165, 1.54) is 18.2 Å². The van der Waals surface area contributed by atoms with Crippen molar-refractivity contribution in [2.24, 2.45) is 0 Å². The van der Waals surface area contributed by atoms with Crippen molar-refractivity contribution < 1.29 is 9.66 Å². The van der Waals surface area contributed by atoms with Gasteiger partial charge in [0.05, 0.1) is 29.0 Å². The van der Waals surface area contributed by atoms with Gasteiger partial charge in [-0.05, 0) is 18.2 Å². The topological polar surface area (TPSA) is 88.2 Å². The van der Waals surface area contributed by atoms with Crippen LogP contribution in [0.2, 0.25) is 0 Å². The molecule has 2 aromatic carbocycles. The number of rotatable bonds is 4. The van der Waals surface area contributed by atoms with Gasteiger partial charge < -0.3 is 10.1 Å². The van der Waals surface area contributed by atoms with Gasteiger partial charge in [-0.25, -0.2) is 0 Å². The van der Waals surface area contributed by atoms with E-state index in [0.29, 0.717) is 17.1 Å². The first-order valence-corrected chi connectivity index (χ1v) is 5.74. The Balaban J connectivity index is 2.39. The monoisotopic (exact) mass is 269 g/mol. The minimum atomic E-state index is -0.534. The Morgan fingerprint density at radius 1 is 1.25 bits per heavy atom. The summed E-state index contributed by atoms with van der Waals surface area (Å²) in [6, 6.07) is 13.2. The molecule has 2 aromatic rings. The molecule has 1 N–H and O–H groups in total. The Labute approximate surface area is 115 Å². The Hall–Kier alpha value is -3.07. The SMILES string of the molecule is COc1ccccc1Nc1ccc([N+](=O)[O-])cc1C#N. The van der Waals surface area contributed by atoms with E-state index in [-0.39, 0.29) is 11.3 Å². The quantitative estimate of drug-likeness (QED) is 0.680. The van der Waals surface area contributed by atoms with E-state index in [1.807, 2.05) is 18.2 Å². The van der Waals surface area contributed by atoms with Crippen molar-refractivity contribution in [2.75, 3.05) is 12.4 Å². The molecular formula is C14H11N3O3. The number of nitrogens with zero attached hydrogens (tertiary/aromatic N) is 2. The number of ether oxygens (including phenoxy) is 1. The van der Waals surface area contributed by atoms with Gasteiger partial charge in [-0.2, -0.15) is 5.26 Å². The summed E-state index contributed by atoms with van der Waals surface area (Å²) in [7, 11) is 1.54. The molecule has 0 fully saturated rings. The number of hydrogen-bond donors (Lipinski definition) is 1. The normalized spacial score (nSPS) is 9.60. The molecule has 2 rings (SSSR count). The van der Waals surface area contributed by atoms with Gasteiger partial charge in [0.25, 0.3) is 5.69 Å². The fraction of sp³-hybridized carbons (Fsp3) is 0.0714. The number of benzene rings is 2. The number of hydrogen-bond acceptors (Lipinski definition) is 5. The molecule has 0 atom stereocenters. The van der Waals surface area contributed by atoms with E-state index in [2.05, 4.69) is 5.32 Å². The van der Waals surface area contributed by atoms with Crippen molar-refractivity contribution in [3.8, 4) is 11.8 Å². The first kappa shape index (κ1) is 13.4. The summed E-state index contributed by atoms with van der Waals surface area (Å²) in [5.41, 5.74) is 1.25. The van der Waals surface area contributed by atoms with Crippen LogP contribution in [-0.2, 0) is 0 Å². The molecular weight excluding hydrogens is 258 g/mol. The van der Waals surface area contributed by atoms with Gasteiger partial charge >= 0.3 is 0 Å². The second-order valence-corrected chi connectivity index (χ2v) is 3.92. The van der Waals surface area contributed by atoms with Gasteiger partial charge in [0, 0.05) is 12.1 Å². The zero-order valence-electron chi connectivity index (χ0n) is 10.7. The van der Waals surface area contributed by atoms with Gasteiger partial charge in [-0.15, -0.1) is 0 Å². The molecule has 0 amide bonds. The van der Waals surface area contributed by atoms with Gasteiger partial charge in [0.15, 0.2) is 0 Å². The first-order chi connectivity index (χ1) is 9.65. The van der Waals surface area contributed by atoms with Crippen LogP contribution in [0.1, 0.15) is 5.56 Å². The van der Waals surface area contributed by atoms with Crippen LogP contribution in [0.25, 0.3) is 0 Å². The van der Waals surface area contributed by atoms with Crippen LogP contribution in [0.5, 0.6) is 5.75 Å². The molecule has 0 saturated carbocycles. The summed E-state index contributed by atoms with van der Waals surface area (Å²) >= 11 is 0. The maximum absolute atomic E-state index is 10.7. The summed E-state index contributed by atoms with van der Waals surface area (Å²) in [4.78, 5) is 10.2. The smallest absolute Gasteiger partial charge is 0.270 e. The van der Waals surface area contributed by atoms with Crippen molar-refractivity contribution in [3.63, 3.8) is 0 Å². The van der Waals surface area contributed by atoms with Crippen LogP contribution in [0.4, 0.5) is 17.1 Å². The number of nitro groups is 1. The molecule has 0 bridgehead atoms. The summed E-state index contributed by atoms with van der Waals surface area (Å²) in [5.74, 6) is 0.620. The highest BCUT2D eigenvalue weighted by molar-refractivity contribution is 5.71. The van der Waals surface area contributed by atoms with Crippen molar-refractivity contribution in [1.82, 2.24) is 0 Å². The third-order valence-corrected chi connectivity index (χ3v) is 2.71. The number of nitriles is 1. The maximum Gasteiger partial charge on any atom is 0.270 e. The van der Waals surface area contributed by atoms with Gasteiger partial charge in [-0.3, -0.25) is 10.1 Å². The largest absolute Gasteiger partial charge is 0.495 e. The molecule has 0 aliphatic carbocycles. The average Bonchev–Trinajstić information content (AvgIpc) is 2.48. The van der Waals surface area contributed by atoms with Crippen molar-refractivity contribution in [1.29, 1.82) is 5.26 Å². The predicted octanol–water partition coefficient (Wildman–Crippen LogP) is 3.22. The Morgan fingerprint density at radius 3 is 2.65 bits per heavy atom. The lowest BCUT2D eigenvalue weighted by Crippen LogP contribution is -1.97. The summed E-state index contributed by atoms with van der Waals surface area (Å²) < 4.78 is 5.20. The lowest BCUT2D eigenvalue weighted by atomic mass is 10.1. The number of nitrogens with one attached hydrogen (secondary N) is 1. The average molecular weight is 269 g/mol. The molecule has 0 spiro atoms. The summed E-state index contributed by atoms with van der Waals surface area (Å²) in [6.07, 6.45) is 0. The zero-order chi connectivity index (χ0) is 14.5. The number of anilines is 2. The number of methoxy groups -OCH3 is 1. The molecule has 0 aliphatic heterocycles. The van der Waals surface area contributed by atoms with E-state index >= 15 is 0 Å². The second-order valence-electron chi connectivity index (χ2n) is 3.92. The number of para-hydroxylation sites is 2. The molecule has 0 unspecified atom stereocenters. The van der Waals surface area contributed by atoms with Crippen molar-refractivity contribution >= 4 is 17.1 Å². The van der Waals surface area contributed by atoms with E-state index in [1.54, 1.807) is 19.2 Å². The van der Waals surface area contributed by atoms with Crippen LogP contribution in [0.3, 0.4) is 0 Å². The minimum absolute atomic E-state index is 0.118. The molecule has 0 saturated heterocycles. The molecule has 0 heterocycles.